The van der Waals surface area contributed by atoms with Crippen molar-refractivity contribution < 1.29 is 24.0 Å². The van der Waals surface area contributed by atoms with Crippen LogP contribution in [0.5, 0.6) is 5.75 Å². The van der Waals surface area contributed by atoms with Crippen LogP contribution in [0.2, 0.25) is 0 Å². The molecule has 7 heteroatoms. The fourth-order valence-electron chi connectivity index (χ4n) is 1.28. The molecule has 17 heavy (non-hydrogen) atoms. The number of methoxy groups -OCH3 is 2. The van der Waals surface area contributed by atoms with Crippen molar-refractivity contribution >= 4 is 17.9 Å². The molecule has 0 atom stereocenters. The topological polar surface area (TPSA) is 95.7 Å². The van der Waals surface area contributed by atoms with Crippen LogP contribution in [-0.2, 0) is 4.74 Å². The maximum Gasteiger partial charge on any atom is 0.345 e. The van der Waals surface area contributed by atoms with Crippen LogP contribution in [0, 0.1) is 10.1 Å². The highest BCUT2D eigenvalue weighted by Gasteiger charge is 2.24. The molecule has 1 aromatic carbocycles. The second kappa shape index (κ2) is 5.06. The number of carbonyl (C=O) groups is 2. The number of nitro benzene ring substituents is 1. The molecule has 0 bridgehead atoms. The van der Waals surface area contributed by atoms with Gasteiger partial charge in [0.25, 0.3) is 5.69 Å². The number of hydrogen-bond acceptors (Lipinski definition) is 6. The highest BCUT2D eigenvalue weighted by atomic mass is 16.6. The van der Waals surface area contributed by atoms with Gasteiger partial charge < -0.3 is 9.47 Å². The lowest BCUT2D eigenvalue weighted by molar-refractivity contribution is -0.385. The summed E-state index contributed by atoms with van der Waals surface area (Å²) in [7, 11) is 2.39. The Morgan fingerprint density at radius 1 is 1.41 bits per heavy atom. The van der Waals surface area contributed by atoms with Crippen molar-refractivity contribution in [2.45, 2.75) is 0 Å². The smallest absolute Gasteiger partial charge is 0.345 e. The number of aldehydes is 1. The molecule has 0 fully saturated rings. The maximum absolute atomic E-state index is 11.3. The van der Waals surface area contributed by atoms with Crippen molar-refractivity contribution in [2.75, 3.05) is 14.2 Å². The van der Waals surface area contributed by atoms with Crippen molar-refractivity contribution in [3.05, 3.63) is 33.4 Å². The van der Waals surface area contributed by atoms with E-state index < -0.39 is 16.6 Å². The number of benzene rings is 1. The molecular formula is C10H9NO6. The normalized spacial score (nSPS) is 9.53. The van der Waals surface area contributed by atoms with Crippen LogP contribution in [0.15, 0.2) is 12.1 Å². The highest BCUT2D eigenvalue weighted by molar-refractivity contribution is 5.96. The van der Waals surface area contributed by atoms with Crippen LogP contribution in [0.4, 0.5) is 5.69 Å². The molecule has 0 saturated heterocycles. The molecule has 1 aromatic rings. The van der Waals surface area contributed by atoms with Crippen LogP contribution in [0.3, 0.4) is 0 Å². The number of esters is 1. The third-order valence-corrected chi connectivity index (χ3v) is 2.08. The van der Waals surface area contributed by atoms with E-state index in [1.807, 2.05) is 0 Å². The highest BCUT2D eigenvalue weighted by Crippen LogP contribution is 2.28. The number of rotatable bonds is 4. The summed E-state index contributed by atoms with van der Waals surface area (Å²) in [5.74, 6) is -0.793. The Bertz CT molecular complexity index is 482. The van der Waals surface area contributed by atoms with E-state index in [-0.39, 0.29) is 16.9 Å². The van der Waals surface area contributed by atoms with Gasteiger partial charge in [0.1, 0.15) is 11.3 Å². The Kier molecular flexibility index (Phi) is 3.76. The van der Waals surface area contributed by atoms with Crippen molar-refractivity contribution in [3.8, 4) is 5.75 Å². The molecule has 0 heterocycles. The first-order valence-corrected chi connectivity index (χ1v) is 4.45. The predicted molar refractivity (Wildman–Crippen MR) is 56.4 cm³/mol. The fraction of sp³-hybridized carbons (Fsp3) is 0.200. The summed E-state index contributed by atoms with van der Waals surface area (Å²) in [6, 6.07) is 2.08. The van der Waals surface area contributed by atoms with Gasteiger partial charge in [0, 0.05) is 12.1 Å². The average Bonchev–Trinajstić information content (AvgIpc) is 2.35. The van der Waals surface area contributed by atoms with Crippen LogP contribution in [-0.4, -0.2) is 31.4 Å². The van der Waals surface area contributed by atoms with Crippen LogP contribution < -0.4 is 4.74 Å². The monoisotopic (exact) mass is 239 g/mol. The Balaban J connectivity index is 3.50. The largest absolute Gasteiger partial charge is 0.496 e. The minimum atomic E-state index is -0.868. The molecule has 1 rings (SSSR count). The van der Waals surface area contributed by atoms with Crippen molar-refractivity contribution in [3.63, 3.8) is 0 Å². The van der Waals surface area contributed by atoms with Gasteiger partial charge in [-0.3, -0.25) is 14.9 Å². The minimum Gasteiger partial charge on any atom is -0.496 e. The van der Waals surface area contributed by atoms with Crippen LogP contribution in [0.1, 0.15) is 20.7 Å². The third-order valence-electron chi connectivity index (χ3n) is 2.08. The van der Waals surface area contributed by atoms with Gasteiger partial charge in [-0.25, -0.2) is 4.79 Å². The molecule has 7 nitrogen and oxygen atoms in total. The number of hydrogen-bond donors (Lipinski definition) is 0. The Morgan fingerprint density at radius 3 is 2.47 bits per heavy atom. The average molecular weight is 239 g/mol. The lowest BCUT2D eigenvalue weighted by atomic mass is 10.1. The van der Waals surface area contributed by atoms with E-state index in [2.05, 4.69) is 4.74 Å². The summed E-state index contributed by atoms with van der Waals surface area (Å²) in [5.41, 5.74) is -0.772. The van der Waals surface area contributed by atoms with E-state index in [1.165, 1.54) is 7.11 Å². The van der Waals surface area contributed by atoms with Crippen LogP contribution in [0.25, 0.3) is 0 Å². The van der Waals surface area contributed by atoms with Gasteiger partial charge in [-0.05, 0) is 0 Å². The molecular weight excluding hydrogens is 230 g/mol. The van der Waals surface area contributed by atoms with Crippen molar-refractivity contribution in [1.82, 2.24) is 0 Å². The van der Waals surface area contributed by atoms with E-state index in [9.17, 15) is 19.7 Å². The standard InChI is InChI=1S/C10H9NO6/c1-16-9-4-7(10(13)17-2)8(11(14)15)3-6(9)5-12/h3-5H,1-2H3. The minimum absolute atomic E-state index is 0.00754. The Morgan fingerprint density at radius 2 is 2.06 bits per heavy atom. The first-order valence-electron chi connectivity index (χ1n) is 4.45. The van der Waals surface area contributed by atoms with Gasteiger partial charge in [0.05, 0.1) is 24.7 Å². The molecule has 0 aromatic heterocycles. The van der Waals surface area contributed by atoms with Crippen molar-refractivity contribution in [1.29, 1.82) is 0 Å². The van der Waals surface area contributed by atoms with Crippen LogP contribution >= 0.6 is 0 Å². The number of ether oxygens (including phenoxy) is 2. The SMILES string of the molecule is COC(=O)c1cc(OC)c(C=O)cc1[N+](=O)[O-]. The molecule has 0 N–H and O–H groups in total. The summed E-state index contributed by atoms with van der Waals surface area (Å²) < 4.78 is 9.26. The van der Waals surface area contributed by atoms with Gasteiger partial charge in [-0.2, -0.15) is 0 Å². The molecule has 90 valence electrons. The van der Waals surface area contributed by atoms with Gasteiger partial charge in [-0.1, -0.05) is 0 Å². The third kappa shape index (κ3) is 2.39. The van der Waals surface area contributed by atoms with E-state index in [4.69, 9.17) is 4.74 Å². The van der Waals surface area contributed by atoms with E-state index in [0.29, 0.717) is 6.29 Å². The summed E-state index contributed by atoms with van der Waals surface area (Å²) >= 11 is 0. The molecule has 0 amide bonds. The van der Waals surface area contributed by atoms with E-state index in [1.54, 1.807) is 0 Å². The molecule has 0 aliphatic carbocycles. The van der Waals surface area contributed by atoms with Crippen molar-refractivity contribution in [2.24, 2.45) is 0 Å². The number of nitrogens with zero attached hydrogens (tertiary/aromatic N) is 1. The first-order chi connectivity index (χ1) is 8.04. The maximum atomic E-state index is 11.3. The fourth-order valence-corrected chi connectivity index (χ4v) is 1.28. The Labute approximate surface area is 96.1 Å². The zero-order valence-corrected chi connectivity index (χ0v) is 9.13. The summed E-state index contributed by atoms with van der Waals surface area (Å²) in [4.78, 5) is 32.0. The molecule has 0 saturated carbocycles. The summed E-state index contributed by atoms with van der Waals surface area (Å²) in [5, 5.41) is 10.8. The Hall–Kier alpha value is -2.44. The molecule has 0 aliphatic heterocycles. The second-order valence-electron chi connectivity index (χ2n) is 2.98. The zero-order chi connectivity index (χ0) is 13.0. The van der Waals surface area contributed by atoms with E-state index in [0.717, 1.165) is 19.2 Å². The zero-order valence-electron chi connectivity index (χ0n) is 9.13. The molecule has 0 unspecified atom stereocenters. The molecule has 0 aliphatic rings. The molecule has 0 radical (unpaired) electrons. The number of nitro groups is 1. The quantitative estimate of drug-likeness (QED) is 0.339. The number of carbonyl (C=O) groups excluding carboxylic acids is 2. The van der Waals surface area contributed by atoms with Gasteiger partial charge >= 0.3 is 5.97 Å². The first kappa shape index (κ1) is 12.6. The second-order valence-corrected chi connectivity index (χ2v) is 2.98. The van der Waals surface area contributed by atoms with Gasteiger partial charge in [0.2, 0.25) is 0 Å². The summed E-state index contributed by atoms with van der Waals surface area (Å²) in [6.07, 6.45) is 0.410. The van der Waals surface area contributed by atoms with E-state index >= 15 is 0 Å². The lowest BCUT2D eigenvalue weighted by Crippen LogP contribution is -2.07. The van der Waals surface area contributed by atoms with Gasteiger partial charge in [0.15, 0.2) is 6.29 Å². The van der Waals surface area contributed by atoms with Gasteiger partial charge in [-0.15, -0.1) is 0 Å². The predicted octanol–water partition coefficient (Wildman–Crippen LogP) is 1.20. The molecule has 0 spiro atoms. The summed E-state index contributed by atoms with van der Waals surface area (Å²) in [6.45, 7) is 0. The lowest BCUT2D eigenvalue weighted by Gasteiger charge is -2.06.